The van der Waals surface area contributed by atoms with Crippen LogP contribution in [0.5, 0.6) is 0 Å². The van der Waals surface area contributed by atoms with Crippen LogP contribution in [-0.2, 0) is 23.1 Å². The third-order valence-electron chi connectivity index (χ3n) is 4.46. The summed E-state index contributed by atoms with van der Waals surface area (Å²) < 4.78 is 1.83. The van der Waals surface area contributed by atoms with Crippen molar-refractivity contribution in [3.05, 3.63) is 59.4 Å². The Hall–Kier alpha value is -2.49. The number of thioether (sulfide) groups is 2. The number of nitrogens with zero attached hydrogens (tertiary/aromatic N) is 3. The second-order valence-electron chi connectivity index (χ2n) is 6.60. The number of anilines is 2. The zero-order chi connectivity index (χ0) is 21.1. The summed E-state index contributed by atoms with van der Waals surface area (Å²) in [5.41, 5.74) is 1.52. The largest absolute Gasteiger partial charge is 0.325 e. The number of aromatic nitrogens is 3. The third-order valence-corrected chi connectivity index (χ3v) is 7.01. The lowest BCUT2D eigenvalue weighted by atomic mass is 10.2. The Balaban J connectivity index is 1.35. The van der Waals surface area contributed by atoms with Crippen LogP contribution in [0, 0.1) is 0 Å². The van der Waals surface area contributed by atoms with Crippen molar-refractivity contribution in [1.82, 2.24) is 14.8 Å². The van der Waals surface area contributed by atoms with Crippen molar-refractivity contribution in [3.8, 4) is 0 Å². The third kappa shape index (κ3) is 4.80. The normalized spacial score (nSPS) is 15.4. The highest BCUT2D eigenvalue weighted by molar-refractivity contribution is 8.01. The van der Waals surface area contributed by atoms with Crippen molar-refractivity contribution < 1.29 is 9.59 Å². The van der Waals surface area contributed by atoms with Crippen molar-refractivity contribution >= 4 is 58.3 Å². The lowest BCUT2D eigenvalue weighted by Gasteiger charge is -2.23. The van der Waals surface area contributed by atoms with Crippen molar-refractivity contribution in [2.24, 2.45) is 7.05 Å². The number of rotatable bonds is 6. The van der Waals surface area contributed by atoms with E-state index in [0.29, 0.717) is 28.1 Å². The average Bonchev–Trinajstić information content (AvgIpc) is 3.08. The van der Waals surface area contributed by atoms with E-state index in [1.807, 2.05) is 35.9 Å². The highest BCUT2D eigenvalue weighted by Gasteiger charge is 2.28. The molecule has 154 valence electrons. The minimum atomic E-state index is -0.283. The topological polar surface area (TPSA) is 88.9 Å². The molecule has 0 spiro atoms. The van der Waals surface area contributed by atoms with Gasteiger partial charge in [0.15, 0.2) is 5.16 Å². The first kappa shape index (κ1) is 20.8. The van der Waals surface area contributed by atoms with Crippen molar-refractivity contribution in [3.63, 3.8) is 0 Å². The smallest absolute Gasteiger partial charge is 0.238 e. The summed E-state index contributed by atoms with van der Waals surface area (Å²) in [5.74, 6) is 0.701. The number of hydrogen-bond acceptors (Lipinski definition) is 6. The summed E-state index contributed by atoms with van der Waals surface area (Å²) in [4.78, 5) is 25.7. The molecule has 2 N–H and O–H groups in total. The fraction of sp³-hybridized carbons (Fsp3) is 0.200. The van der Waals surface area contributed by atoms with Crippen LogP contribution < -0.4 is 10.6 Å². The van der Waals surface area contributed by atoms with Gasteiger partial charge in [0, 0.05) is 29.1 Å². The maximum atomic E-state index is 12.4. The maximum Gasteiger partial charge on any atom is 0.238 e. The Kier molecular flexibility index (Phi) is 6.31. The molecule has 1 aliphatic rings. The SMILES string of the molecule is Cn1c(C[C@@H]2Sc3ccccc3NC2=O)nnc1SCC(=O)Nc1ccc(Cl)cc1. The molecule has 0 fully saturated rings. The Morgan fingerprint density at radius 1 is 1.23 bits per heavy atom. The molecule has 1 aromatic heterocycles. The van der Waals surface area contributed by atoms with Crippen LogP contribution in [0.4, 0.5) is 11.4 Å². The predicted molar refractivity (Wildman–Crippen MR) is 120 cm³/mol. The van der Waals surface area contributed by atoms with Crippen LogP contribution in [0.25, 0.3) is 0 Å². The minimum Gasteiger partial charge on any atom is -0.325 e. The molecule has 0 radical (unpaired) electrons. The van der Waals surface area contributed by atoms with E-state index in [9.17, 15) is 9.59 Å². The van der Waals surface area contributed by atoms with E-state index in [1.54, 1.807) is 24.3 Å². The number of fused-ring (bicyclic) bond motifs is 1. The average molecular weight is 460 g/mol. The number of nitrogens with one attached hydrogen (secondary N) is 2. The zero-order valence-electron chi connectivity index (χ0n) is 16.0. The molecule has 2 aromatic carbocycles. The number of amides is 2. The number of para-hydroxylation sites is 1. The Morgan fingerprint density at radius 3 is 2.80 bits per heavy atom. The van der Waals surface area contributed by atoms with Crippen LogP contribution in [-0.4, -0.2) is 37.6 Å². The first-order chi connectivity index (χ1) is 14.5. The lowest BCUT2D eigenvalue weighted by Crippen LogP contribution is -2.31. The van der Waals surface area contributed by atoms with E-state index in [2.05, 4.69) is 20.8 Å². The number of benzene rings is 2. The van der Waals surface area contributed by atoms with E-state index in [4.69, 9.17) is 11.6 Å². The van der Waals surface area contributed by atoms with Gasteiger partial charge < -0.3 is 15.2 Å². The molecule has 4 rings (SSSR count). The van der Waals surface area contributed by atoms with Crippen molar-refractivity contribution in [2.45, 2.75) is 21.7 Å². The predicted octanol–water partition coefficient (Wildman–Crippen LogP) is 3.85. The van der Waals surface area contributed by atoms with E-state index in [0.717, 1.165) is 10.6 Å². The summed E-state index contributed by atoms with van der Waals surface area (Å²) in [6.45, 7) is 0. The second-order valence-corrected chi connectivity index (χ2v) is 9.22. The van der Waals surface area contributed by atoms with Crippen molar-refractivity contribution in [2.75, 3.05) is 16.4 Å². The highest BCUT2D eigenvalue weighted by atomic mass is 35.5. The van der Waals surface area contributed by atoms with Gasteiger partial charge in [0.2, 0.25) is 11.8 Å². The fourth-order valence-electron chi connectivity index (χ4n) is 2.90. The van der Waals surface area contributed by atoms with Crippen LogP contribution in [0.2, 0.25) is 5.02 Å². The number of hydrogen-bond donors (Lipinski definition) is 2. The molecule has 30 heavy (non-hydrogen) atoms. The molecule has 3 aromatic rings. The van der Waals surface area contributed by atoms with Crippen LogP contribution in [0.15, 0.2) is 58.6 Å². The summed E-state index contributed by atoms with van der Waals surface area (Å²) in [7, 11) is 1.84. The molecule has 0 unspecified atom stereocenters. The van der Waals surface area contributed by atoms with Gasteiger partial charge in [-0.1, -0.05) is 35.5 Å². The van der Waals surface area contributed by atoms with Crippen LogP contribution >= 0.6 is 35.1 Å². The van der Waals surface area contributed by atoms with E-state index in [-0.39, 0.29) is 22.8 Å². The monoisotopic (exact) mass is 459 g/mol. The van der Waals surface area contributed by atoms with Gasteiger partial charge in [-0.3, -0.25) is 9.59 Å². The van der Waals surface area contributed by atoms with E-state index >= 15 is 0 Å². The Bertz CT molecular complexity index is 1090. The zero-order valence-corrected chi connectivity index (χ0v) is 18.4. The molecule has 0 saturated carbocycles. The fourth-order valence-corrected chi connectivity index (χ4v) is 4.87. The molecule has 1 aliphatic heterocycles. The van der Waals surface area contributed by atoms with Crippen LogP contribution in [0.3, 0.4) is 0 Å². The van der Waals surface area contributed by atoms with Gasteiger partial charge in [-0.15, -0.1) is 22.0 Å². The van der Waals surface area contributed by atoms with E-state index < -0.39 is 0 Å². The van der Waals surface area contributed by atoms with E-state index in [1.165, 1.54) is 23.5 Å². The molecule has 2 amide bonds. The summed E-state index contributed by atoms with van der Waals surface area (Å²) in [5, 5.41) is 15.1. The maximum absolute atomic E-state index is 12.4. The molecular weight excluding hydrogens is 442 g/mol. The molecule has 7 nitrogen and oxygen atoms in total. The number of halogens is 1. The van der Waals surface area contributed by atoms with Gasteiger partial charge in [-0.05, 0) is 36.4 Å². The minimum absolute atomic E-state index is 0.0433. The Labute approximate surface area is 187 Å². The highest BCUT2D eigenvalue weighted by Crippen LogP contribution is 2.36. The quantitative estimate of drug-likeness (QED) is 0.544. The Morgan fingerprint density at radius 2 is 2.00 bits per heavy atom. The second kappa shape index (κ2) is 9.11. The van der Waals surface area contributed by atoms with Gasteiger partial charge in [0.05, 0.1) is 16.7 Å². The summed E-state index contributed by atoms with van der Waals surface area (Å²) in [6.07, 6.45) is 0.450. The van der Waals surface area contributed by atoms with Gasteiger partial charge >= 0.3 is 0 Å². The molecule has 0 bridgehead atoms. The number of carbonyl (C=O) groups excluding carboxylic acids is 2. The van der Waals surface area contributed by atoms with Gasteiger partial charge in [-0.2, -0.15) is 0 Å². The summed E-state index contributed by atoms with van der Waals surface area (Å²) >= 11 is 8.67. The number of carbonyl (C=O) groups is 2. The molecular formula is C20H18ClN5O2S2. The van der Waals surface area contributed by atoms with Gasteiger partial charge in [-0.25, -0.2) is 0 Å². The molecule has 1 atom stereocenters. The molecule has 2 heterocycles. The summed E-state index contributed by atoms with van der Waals surface area (Å²) in [6, 6.07) is 14.7. The van der Waals surface area contributed by atoms with Crippen LogP contribution in [0.1, 0.15) is 5.82 Å². The molecule has 10 heteroatoms. The first-order valence-corrected chi connectivity index (χ1v) is 11.4. The lowest BCUT2D eigenvalue weighted by molar-refractivity contribution is -0.116. The molecule has 0 saturated heterocycles. The van der Waals surface area contributed by atoms with Gasteiger partial charge in [0.1, 0.15) is 5.82 Å². The van der Waals surface area contributed by atoms with Crippen molar-refractivity contribution in [1.29, 1.82) is 0 Å². The first-order valence-electron chi connectivity index (χ1n) is 9.12. The standard InChI is InChI=1S/C20H18ClN5O2S2/c1-26-17(10-16-19(28)23-14-4-2-3-5-15(14)30-16)24-25-20(26)29-11-18(27)22-13-8-6-12(21)7-9-13/h2-9,16H,10-11H2,1H3,(H,22,27)(H,23,28)/t16-/m0/s1. The van der Waals surface area contributed by atoms with Gasteiger partial charge in [0.25, 0.3) is 0 Å². The molecule has 0 aliphatic carbocycles.